The van der Waals surface area contributed by atoms with Crippen LogP contribution in [0.15, 0.2) is 17.1 Å². The van der Waals surface area contributed by atoms with Gasteiger partial charge in [-0.2, -0.15) is 0 Å². The first kappa shape index (κ1) is 12.8. The average Bonchev–Trinajstić information content (AvgIpc) is 2.38. The zero-order valence-electron chi connectivity index (χ0n) is 10.2. The molecule has 0 radical (unpaired) electrons. The van der Waals surface area contributed by atoms with E-state index in [1.165, 1.54) is 17.2 Å². The van der Waals surface area contributed by atoms with Crippen LogP contribution in [0, 0.1) is 6.92 Å². The number of hydrogen-bond donors (Lipinski definition) is 2. The highest BCUT2D eigenvalue weighted by Gasteiger charge is 2.28. The van der Waals surface area contributed by atoms with Gasteiger partial charge in [0, 0.05) is 24.5 Å². The van der Waals surface area contributed by atoms with Crippen LogP contribution in [0.2, 0.25) is 0 Å². The van der Waals surface area contributed by atoms with Crippen molar-refractivity contribution in [3.63, 3.8) is 0 Å². The van der Waals surface area contributed by atoms with E-state index in [4.69, 9.17) is 4.74 Å². The maximum atomic E-state index is 12.2. The van der Waals surface area contributed by atoms with Crippen LogP contribution in [-0.2, 0) is 4.74 Å². The first-order valence-corrected chi connectivity index (χ1v) is 5.82. The first-order chi connectivity index (χ1) is 8.63. The lowest BCUT2D eigenvalue weighted by Crippen LogP contribution is -2.51. The molecule has 0 saturated carbocycles. The molecule has 2 N–H and O–H groups in total. The van der Waals surface area contributed by atoms with E-state index in [1.807, 2.05) is 0 Å². The molecule has 2 heterocycles. The Morgan fingerprint density at radius 3 is 3.11 bits per heavy atom. The monoisotopic (exact) mass is 252 g/mol. The van der Waals surface area contributed by atoms with Crippen molar-refractivity contribution in [3.05, 3.63) is 33.7 Å². The molecule has 98 valence electrons. The molecule has 0 aromatic carbocycles. The number of aliphatic hydroxyl groups excluding tert-OH is 1. The second-order valence-electron chi connectivity index (χ2n) is 4.30. The molecule has 1 aromatic rings. The minimum Gasteiger partial charge on any atom is -0.394 e. The summed E-state index contributed by atoms with van der Waals surface area (Å²) in [6.07, 6.45) is 1.42. The summed E-state index contributed by atoms with van der Waals surface area (Å²) in [5, 5.41) is 9.21. The molecule has 6 heteroatoms. The summed E-state index contributed by atoms with van der Waals surface area (Å²) in [7, 11) is 0. The third-order valence-corrected chi connectivity index (χ3v) is 2.99. The van der Waals surface area contributed by atoms with Crippen molar-refractivity contribution in [1.29, 1.82) is 0 Å². The largest absolute Gasteiger partial charge is 0.394 e. The van der Waals surface area contributed by atoms with Crippen LogP contribution in [0.3, 0.4) is 0 Å². The van der Waals surface area contributed by atoms with Gasteiger partial charge in [-0.25, -0.2) is 0 Å². The molecule has 1 amide bonds. The minimum absolute atomic E-state index is 0.0981. The molecule has 6 nitrogen and oxygen atoms in total. The molecule has 0 aliphatic carbocycles. The lowest BCUT2D eigenvalue weighted by molar-refractivity contribution is -0.0184. The molecule has 2 rings (SSSR count). The molecular formula is C12H16N2O4. The van der Waals surface area contributed by atoms with Crippen LogP contribution < -0.4 is 5.43 Å². The van der Waals surface area contributed by atoms with E-state index in [0.29, 0.717) is 25.5 Å². The molecule has 0 bridgehead atoms. The normalized spacial score (nSPS) is 19.9. The van der Waals surface area contributed by atoms with E-state index in [-0.39, 0.29) is 29.5 Å². The average molecular weight is 252 g/mol. The molecule has 1 fully saturated rings. The standard InChI is InChI=1S/C12H16N2O4/c1-8-4-11(16)10(5-13-8)12(17)14-2-3-18-7-9(14)6-15/h4-5,9,15H,2-3,6-7H2,1H3,(H,13,16). The van der Waals surface area contributed by atoms with Crippen molar-refractivity contribution < 1.29 is 14.6 Å². The van der Waals surface area contributed by atoms with Gasteiger partial charge < -0.3 is 19.7 Å². The van der Waals surface area contributed by atoms with Crippen LogP contribution in [0.1, 0.15) is 16.1 Å². The van der Waals surface area contributed by atoms with Crippen LogP contribution in [0.25, 0.3) is 0 Å². The molecule has 1 unspecified atom stereocenters. The van der Waals surface area contributed by atoms with Crippen LogP contribution in [0.4, 0.5) is 0 Å². The van der Waals surface area contributed by atoms with E-state index < -0.39 is 0 Å². The number of carbonyl (C=O) groups is 1. The zero-order valence-corrected chi connectivity index (χ0v) is 10.2. The predicted octanol–water partition coefficient (Wildman–Crippen LogP) is -0.483. The lowest BCUT2D eigenvalue weighted by Gasteiger charge is -2.34. The number of nitrogens with one attached hydrogen (secondary N) is 1. The molecule has 1 aliphatic heterocycles. The molecule has 0 spiro atoms. The topological polar surface area (TPSA) is 82.6 Å². The first-order valence-electron chi connectivity index (χ1n) is 5.82. The van der Waals surface area contributed by atoms with Gasteiger partial charge in [-0.15, -0.1) is 0 Å². The summed E-state index contributed by atoms with van der Waals surface area (Å²) in [5.74, 6) is -0.362. The van der Waals surface area contributed by atoms with E-state index in [9.17, 15) is 14.7 Å². The highest BCUT2D eigenvalue weighted by atomic mass is 16.5. The van der Waals surface area contributed by atoms with Crippen molar-refractivity contribution >= 4 is 5.91 Å². The van der Waals surface area contributed by atoms with Crippen molar-refractivity contribution in [2.24, 2.45) is 0 Å². The lowest BCUT2D eigenvalue weighted by atomic mass is 10.1. The maximum absolute atomic E-state index is 12.2. The predicted molar refractivity (Wildman–Crippen MR) is 64.5 cm³/mol. The van der Waals surface area contributed by atoms with Gasteiger partial charge in [-0.05, 0) is 6.92 Å². The Hall–Kier alpha value is -1.66. The van der Waals surface area contributed by atoms with E-state index in [1.54, 1.807) is 6.92 Å². The SMILES string of the molecule is Cc1cc(=O)c(C(=O)N2CCOCC2CO)c[nH]1. The molecule has 1 aliphatic rings. The molecule has 1 atom stereocenters. The van der Waals surface area contributed by atoms with Crippen molar-refractivity contribution in [2.45, 2.75) is 13.0 Å². The number of amides is 1. The Morgan fingerprint density at radius 2 is 2.44 bits per heavy atom. The maximum Gasteiger partial charge on any atom is 0.259 e. The number of aryl methyl sites for hydroxylation is 1. The number of rotatable bonds is 2. The fourth-order valence-electron chi connectivity index (χ4n) is 1.97. The number of morpholine rings is 1. The fraction of sp³-hybridized carbons (Fsp3) is 0.500. The van der Waals surface area contributed by atoms with Gasteiger partial charge in [0.25, 0.3) is 5.91 Å². The number of hydrogen-bond acceptors (Lipinski definition) is 4. The van der Waals surface area contributed by atoms with E-state index >= 15 is 0 Å². The van der Waals surface area contributed by atoms with Crippen molar-refractivity contribution in [2.75, 3.05) is 26.4 Å². The summed E-state index contributed by atoms with van der Waals surface area (Å²) in [4.78, 5) is 28.3. The number of H-pyrrole nitrogens is 1. The summed E-state index contributed by atoms with van der Waals surface area (Å²) in [6, 6.07) is 1.01. The number of aromatic amines is 1. The Bertz CT molecular complexity index is 497. The van der Waals surface area contributed by atoms with Crippen LogP contribution in [-0.4, -0.2) is 53.3 Å². The van der Waals surface area contributed by atoms with Gasteiger partial charge in [0.05, 0.1) is 25.9 Å². The van der Waals surface area contributed by atoms with Crippen molar-refractivity contribution in [3.8, 4) is 0 Å². The fourth-order valence-corrected chi connectivity index (χ4v) is 1.97. The Kier molecular flexibility index (Phi) is 3.78. The molecule has 18 heavy (non-hydrogen) atoms. The number of nitrogens with zero attached hydrogens (tertiary/aromatic N) is 1. The second-order valence-corrected chi connectivity index (χ2v) is 4.30. The van der Waals surface area contributed by atoms with Crippen LogP contribution in [0.5, 0.6) is 0 Å². The number of ether oxygens (including phenoxy) is 1. The van der Waals surface area contributed by atoms with Crippen molar-refractivity contribution in [1.82, 2.24) is 9.88 Å². The van der Waals surface area contributed by atoms with Gasteiger partial charge in [0.1, 0.15) is 5.56 Å². The zero-order chi connectivity index (χ0) is 13.1. The molecule has 1 saturated heterocycles. The summed E-state index contributed by atoms with van der Waals surface area (Å²) >= 11 is 0. The highest BCUT2D eigenvalue weighted by Crippen LogP contribution is 2.10. The van der Waals surface area contributed by atoms with Gasteiger partial charge >= 0.3 is 0 Å². The van der Waals surface area contributed by atoms with Gasteiger partial charge in [-0.1, -0.05) is 0 Å². The van der Waals surface area contributed by atoms with Gasteiger partial charge in [0.2, 0.25) is 0 Å². The number of aromatic nitrogens is 1. The minimum atomic E-state index is -0.382. The Morgan fingerprint density at radius 1 is 1.67 bits per heavy atom. The highest BCUT2D eigenvalue weighted by molar-refractivity contribution is 5.94. The Labute approximate surface area is 104 Å². The number of carbonyl (C=O) groups excluding carboxylic acids is 1. The summed E-state index contributed by atoms with van der Waals surface area (Å²) < 4.78 is 5.20. The summed E-state index contributed by atoms with van der Waals surface area (Å²) in [6.45, 7) is 2.69. The molecule has 1 aromatic heterocycles. The Balaban J connectivity index is 2.27. The third kappa shape index (κ3) is 2.44. The van der Waals surface area contributed by atoms with Gasteiger partial charge in [0.15, 0.2) is 5.43 Å². The van der Waals surface area contributed by atoms with E-state index in [2.05, 4.69) is 4.98 Å². The van der Waals surface area contributed by atoms with Crippen LogP contribution >= 0.6 is 0 Å². The third-order valence-electron chi connectivity index (χ3n) is 2.99. The molecular weight excluding hydrogens is 236 g/mol. The second kappa shape index (κ2) is 5.32. The van der Waals surface area contributed by atoms with E-state index in [0.717, 1.165) is 0 Å². The number of pyridine rings is 1. The quantitative estimate of drug-likeness (QED) is 0.744. The van der Waals surface area contributed by atoms with Gasteiger partial charge in [-0.3, -0.25) is 9.59 Å². The summed E-state index contributed by atoms with van der Waals surface area (Å²) in [5.41, 5.74) is 0.498. The smallest absolute Gasteiger partial charge is 0.259 e. The number of aliphatic hydroxyl groups is 1.